The zero-order valence-electron chi connectivity index (χ0n) is 84.8. The highest BCUT2D eigenvalue weighted by atomic mass is 32.2. The molecular formula is C104H160F2N8O21S3. The summed E-state index contributed by atoms with van der Waals surface area (Å²) in [6, 6.07) is -1.90. The number of halogens is 2. The Hall–Kier alpha value is -5.96. The molecule has 19 N–H and O–H groups in total. The van der Waals surface area contributed by atoms with Crippen LogP contribution in [0.5, 0.6) is 0 Å². The molecular weight excluding hydrogens is 1830 g/mol. The van der Waals surface area contributed by atoms with Crippen LogP contribution < -0.4 is 27.4 Å². The number of nitrogens with zero attached hydrogens (tertiary/aromatic N) is 3. The van der Waals surface area contributed by atoms with Crippen LogP contribution in [-0.4, -0.2) is 263 Å². The number of aliphatic carboxylic acids is 3. The van der Waals surface area contributed by atoms with Gasteiger partial charge in [0.05, 0.1) is 85.1 Å². The fraction of sp³-hybridized carbons (Fsp3) is 0.817. The molecule has 9 unspecified atom stereocenters. The first-order valence-electron chi connectivity index (χ1n) is 52.0. The fourth-order valence-electron chi connectivity index (χ4n) is 32.0. The highest BCUT2D eigenvalue weighted by Crippen LogP contribution is 2.73. The van der Waals surface area contributed by atoms with Crippen molar-refractivity contribution in [1.82, 2.24) is 30.7 Å². The third kappa shape index (κ3) is 20.1. The minimum Gasteiger partial charge on any atom is -0.481 e. The van der Waals surface area contributed by atoms with Crippen molar-refractivity contribution in [3.63, 3.8) is 0 Å². The smallest absolute Gasteiger partial charge is 0.352 e. The molecule has 39 atom stereocenters. The van der Waals surface area contributed by atoms with E-state index in [1.807, 2.05) is 6.92 Å². The number of thioether (sulfide) groups is 3. The third-order valence-electron chi connectivity index (χ3n) is 39.3. The van der Waals surface area contributed by atoms with Crippen LogP contribution in [0.15, 0.2) is 33.8 Å². The largest absolute Gasteiger partial charge is 0.481 e. The third-order valence-corrected chi connectivity index (χ3v) is 43.6. The molecule has 18 rings (SSSR count). The molecule has 29 nitrogen and oxygen atoms in total. The van der Waals surface area contributed by atoms with E-state index in [9.17, 15) is 103 Å². The van der Waals surface area contributed by atoms with E-state index in [1.165, 1.54) is 38.2 Å². The van der Waals surface area contributed by atoms with Crippen LogP contribution >= 0.6 is 35.3 Å². The lowest BCUT2D eigenvalue weighted by atomic mass is 9.43. The number of aliphatic hydroxyl groups is 9. The van der Waals surface area contributed by atoms with Gasteiger partial charge in [-0.1, -0.05) is 74.2 Å². The van der Waals surface area contributed by atoms with Crippen LogP contribution in [0.25, 0.3) is 0 Å². The molecule has 0 radical (unpaired) electrons. The average Bonchev–Trinajstić information content (AvgIpc) is 1.62. The number of hydrogen-bond donors (Lipinski definition) is 17. The number of terminal acetylenes is 2. The van der Waals surface area contributed by atoms with Gasteiger partial charge in [0.2, 0.25) is 17.7 Å². The Morgan fingerprint density at radius 3 is 1.08 bits per heavy atom. The molecule has 34 heteroatoms. The molecule has 6 aliphatic heterocycles. The predicted molar refractivity (Wildman–Crippen MR) is 523 cm³/mol. The molecule has 3 saturated heterocycles. The van der Waals surface area contributed by atoms with Gasteiger partial charge in [-0.15, -0.1) is 48.1 Å². The van der Waals surface area contributed by atoms with Gasteiger partial charge in [0, 0.05) is 36.5 Å². The number of nitrogens with one attached hydrogen (secondary N) is 3. The average molecular weight is 1990 g/mol. The quantitative estimate of drug-likeness (QED) is 0.0448. The SMILES string of the molecule is C#CCN.C#CCNC(=O)C1=C(C)CSC2C(NC(=O)CC[C@@H](C)[C@H]3CC[C@H]4C5[C@H](O)C[C@@H]6C[C@H](O)CC[C@]6(C)[C@H]5C[C@H](O)[C@]34C)C(=O)N12.CC1=C(C(=O)O)N2C(=O)C(N)C2SC1.CC1=C(C(=O)O)N2C(=O)C(NC(=O)CC[C@@H](C)[C@H]3CC[C@H]4C5[C@H](O)C[C@@H]6C[C@H](O)CC[C@]6(C)[C@H]5C[C@H](O)[C@]34C)C2SC1.C[C@H](CCC(=O)O)[C@H]1CC[C@H]2C3[C@H](O)C[C@@H]4C[C@H](O)CC[C@]4(C)[C@H]3C[C@H](O)[C@]12C.[2H]CF.[2H]CF. The van der Waals surface area contributed by atoms with Gasteiger partial charge in [-0.3, -0.25) is 57.0 Å². The number of carbonyl (C=O) groups is 9. The van der Waals surface area contributed by atoms with Crippen molar-refractivity contribution in [2.24, 2.45) is 150 Å². The topological polar surface area (TPSA) is 494 Å². The molecule has 138 heavy (non-hydrogen) atoms. The van der Waals surface area contributed by atoms with Gasteiger partial charge in [0.1, 0.15) is 51.3 Å². The monoisotopic (exact) mass is 1990 g/mol. The number of hydrogen-bond acceptors (Lipinski definition) is 23. The highest BCUT2D eigenvalue weighted by Gasteiger charge is 2.71. The maximum atomic E-state index is 13.2. The zero-order valence-corrected chi connectivity index (χ0v) is 85.2. The molecule has 0 bridgehead atoms. The molecule has 15 fully saturated rings. The summed E-state index contributed by atoms with van der Waals surface area (Å²) < 4.78 is 31.0. The summed E-state index contributed by atoms with van der Waals surface area (Å²) in [7, 11) is -2.00. The first kappa shape index (κ1) is 108. The van der Waals surface area contributed by atoms with E-state index in [1.54, 1.807) is 25.6 Å². The molecule has 12 aliphatic carbocycles. The first-order valence-corrected chi connectivity index (χ1v) is 53.8. The Morgan fingerprint density at radius 2 is 0.768 bits per heavy atom. The normalized spacial score (nSPS) is 43.5. The second-order valence-electron chi connectivity index (χ2n) is 45.7. The number of nitrogens with two attached hydrogens (primary N) is 2. The van der Waals surface area contributed by atoms with Crippen LogP contribution in [-0.2, 0) is 43.2 Å². The van der Waals surface area contributed by atoms with Crippen molar-refractivity contribution in [2.45, 2.75) is 346 Å². The van der Waals surface area contributed by atoms with Crippen LogP contribution in [0.3, 0.4) is 0 Å². The zero-order chi connectivity index (χ0) is 103. The number of amides is 6. The summed E-state index contributed by atoms with van der Waals surface area (Å²) in [4.78, 5) is 114. The summed E-state index contributed by atoms with van der Waals surface area (Å²) in [5.74, 6) is 6.22. The van der Waals surface area contributed by atoms with Crippen molar-refractivity contribution in [1.29, 1.82) is 0 Å². The van der Waals surface area contributed by atoms with E-state index in [0.29, 0.717) is 103 Å². The number of fused-ring (bicyclic) bond motifs is 18. The minimum absolute atomic E-state index is 0.0360. The molecule has 0 aromatic carbocycles. The van der Waals surface area contributed by atoms with Crippen LogP contribution in [0.4, 0.5) is 8.78 Å². The Bertz CT molecular complexity index is 4710. The molecule has 18 aliphatic rings. The summed E-state index contributed by atoms with van der Waals surface area (Å²) >= 11 is 4.53. The molecule has 6 amide bonds. The lowest BCUT2D eigenvalue weighted by molar-refractivity contribution is -0.207. The number of β-lactam (4-membered cyclic amide) rings is 3. The number of carboxylic acid groups (broad SMARTS) is 3. The lowest BCUT2D eigenvalue weighted by Gasteiger charge is -2.63. The van der Waals surface area contributed by atoms with E-state index in [2.05, 4.69) is 96.5 Å². The molecule has 0 aromatic rings. The van der Waals surface area contributed by atoms with Crippen molar-refractivity contribution >= 4 is 88.6 Å². The standard InChI is InChI=1S/C35H51N3O6S.C32H48N2O7S.C24H40O5.C8H10N2O3S.C3H5N.2CH3F/c1-6-13-36-31(43)30-19(3)17-45-33-29(32(44)38(30)33)37-27(42)10-7-18(2)22-8-9-23-28-24(16-26(41)35(22,23)5)34(4)12-11-21(39)14-20(34)15-25(28)40;1-15(5-8-24(38)33-26-28(39)34-27(30(40)41)16(2)14-42-29(26)34)19-6-7-20-25-21(13-23(37)32(19,20)4)31(3)10-9-18(35)11-17(31)12-22(25)36;1-13(4-7-21(28)29)16-5-6-17-22-18(12-20(27)24(16,17)3)23(2)9-8-15(25)10-14(23)11-19(22)26;1-3-2-14-7-4(9)6(11)10(7)5(3)8(12)13;1-2-3-4;2*1-2/h1,18,20-26,28-29,33,39-41H,7-17H2,2-5H3,(H,36,43)(H,37,42);15,17-23,25-26,29,35-37H,5-14H2,1-4H3,(H,33,38)(H,40,41);13-20,22,25-27H,4-12H2,1-3H3,(H,28,29);4,7H,2,9H2,1H3,(H,12,13);1H,3-4H2;2*1H3/t18-,20+,21-,22-,23+,24+,25-,26+,28?,29?,33?,34+,35-;15-,17+,18-,19-,20+,21+,22-,23+,25?,26?,29?,31+,32-;13-,14+,15-,16-,17+,18+,19-,20+,22?,23+,24-;;;;/m111..../s1/i;;;;;2*1D. The van der Waals surface area contributed by atoms with Gasteiger partial charge in [-0.25, -0.2) is 9.59 Å². The first-order chi connectivity index (χ1) is 66.0. The van der Waals surface area contributed by atoms with E-state index >= 15 is 0 Å². The minimum atomic E-state index is -1.11. The number of carbonyl (C=O) groups excluding carboxylic acids is 6. The second-order valence-corrected chi connectivity index (χ2v) is 49.0. The number of rotatable bonds is 18. The fourth-order valence-corrected chi connectivity index (χ4v) is 35.8. The maximum Gasteiger partial charge on any atom is 0.352 e. The second kappa shape index (κ2) is 44.5. The van der Waals surface area contributed by atoms with E-state index in [-0.39, 0.29) is 217 Å². The summed E-state index contributed by atoms with van der Waals surface area (Å²) in [5.41, 5.74) is 12.3. The summed E-state index contributed by atoms with van der Waals surface area (Å²) in [6.45, 7) is 25.9. The summed E-state index contributed by atoms with van der Waals surface area (Å²) in [5, 5.41) is 135. The molecule has 0 spiro atoms. The Labute approximate surface area is 829 Å². The predicted octanol–water partition coefficient (Wildman–Crippen LogP) is 9.70. The van der Waals surface area contributed by atoms with E-state index in [4.69, 9.17) is 30.8 Å². The Balaban J connectivity index is 0.000000170. The number of aliphatic hydroxyl groups excluding tert-OH is 9. The van der Waals surface area contributed by atoms with Gasteiger partial charge in [-0.2, -0.15) is 0 Å². The lowest BCUT2D eigenvalue weighted by Crippen LogP contribution is -2.71. The summed E-state index contributed by atoms with van der Waals surface area (Å²) in [6.07, 6.45) is 27.2. The highest BCUT2D eigenvalue weighted by molar-refractivity contribution is 8.00. The van der Waals surface area contributed by atoms with Crippen LogP contribution in [0.2, 0.25) is 0 Å². The van der Waals surface area contributed by atoms with Gasteiger partial charge in [0.25, 0.3) is 17.7 Å². The van der Waals surface area contributed by atoms with Gasteiger partial charge >= 0.3 is 17.9 Å². The van der Waals surface area contributed by atoms with Crippen molar-refractivity contribution in [2.75, 3.05) is 44.7 Å². The Morgan fingerprint density at radius 1 is 0.464 bits per heavy atom. The molecule has 774 valence electrons. The molecule has 0 aromatic heterocycles. The van der Waals surface area contributed by atoms with Crippen LogP contribution in [0, 0.1) is 164 Å². The molecule has 12 saturated carbocycles. The van der Waals surface area contributed by atoms with Gasteiger partial charge in [-0.05, 0) is 331 Å². The van der Waals surface area contributed by atoms with Crippen molar-refractivity contribution < 1.29 is 116 Å². The van der Waals surface area contributed by atoms with Crippen LogP contribution in [0.1, 0.15) is 259 Å². The van der Waals surface area contributed by atoms with Crippen molar-refractivity contribution in [3.05, 3.63) is 33.8 Å². The molecule has 6 heterocycles. The maximum absolute atomic E-state index is 13.2. The number of carboxylic acids is 3. The van der Waals surface area contributed by atoms with Crippen molar-refractivity contribution in [3.8, 4) is 24.7 Å². The van der Waals surface area contributed by atoms with Gasteiger partial charge in [0.15, 0.2) is 0 Å². The number of alkyl halides is 2. The van der Waals surface area contributed by atoms with E-state index in [0.717, 1.165) is 133 Å². The van der Waals surface area contributed by atoms with E-state index < -0.39 is 80.9 Å². The Kier molecular flexibility index (Phi) is 34.8. The van der Waals surface area contributed by atoms with Gasteiger partial charge < -0.3 is 88.7 Å².